The molecule has 1 amide bonds. The van der Waals surface area contributed by atoms with E-state index in [2.05, 4.69) is 10.4 Å². The highest BCUT2D eigenvalue weighted by Gasteiger charge is 2.20. The number of hydrogen-bond donors (Lipinski definition) is 2. The average Bonchev–Trinajstić information content (AvgIpc) is 2.97. The predicted octanol–water partition coefficient (Wildman–Crippen LogP) is 3.92. The van der Waals surface area contributed by atoms with Gasteiger partial charge in [-0.1, -0.05) is 49.6 Å². The molecule has 1 atom stereocenters. The minimum absolute atomic E-state index is 0. The van der Waals surface area contributed by atoms with Crippen molar-refractivity contribution in [1.82, 2.24) is 9.78 Å². The Morgan fingerprint density at radius 3 is 2.64 bits per heavy atom. The summed E-state index contributed by atoms with van der Waals surface area (Å²) in [6.07, 6.45) is 6.52. The van der Waals surface area contributed by atoms with Crippen LogP contribution >= 0.6 is 12.4 Å². The van der Waals surface area contributed by atoms with Crippen molar-refractivity contribution in [3.8, 4) is 0 Å². The van der Waals surface area contributed by atoms with Crippen LogP contribution in [0.25, 0.3) is 0 Å². The first kappa shape index (κ1) is 19.5. The van der Waals surface area contributed by atoms with Gasteiger partial charge in [-0.2, -0.15) is 5.10 Å². The number of rotatable bonds is 5. The van der Waals surface area contributed by atoms with E-state index in [0.717, 1.165) is 17.1 Å². The summed E-state index contributed by atoms with van der Waals surface area (Å²) in [7, 11) is 1.87. The van der Waals surface area contributed by atoms with Gasteiger partial charge in [-0.15, -0.1) is 12.4 Å². The minimum atomic E-state index is -0.294. The molecule has 0 radical (unpaired) electrons. The van der Waals surface area contributed by atoms with Crippen molar-refractivity contribution in [2.75, 3.05) is 5.32 Å². The van der Waals surface area contributed by atoms with Crippen LogP contribution in [-0.2, 0) is 11.8 Å². The summed E-state index contributed by atoms with van der Waals surface area (Å²) in [6.45, 7) is 0. The van der Waals surface area contributed by atoms with E-state index in [1.54, 1.807) is 4.68 Å². The summed E-state index contributed by atoms with van der Waals surface area (Å²) < 4.78 is 1.76. The number of aryl methyl sites for hydroxylation is 1. The number of carbonyl (C=O) groups excluding carboxylic acids is 1. The van der Waals surface area contributed by atoms with Crippen molar-refractivity contribution >= 4 is 24.1 Å². The Balaban J connectivity index is 0.00000225. The normalized spacial score (nSPS) is 16.1. The van der Waals surface area contributed by atoms with E-state index < -0.39 is 0 Å². The average molecular weight is 363 g/mol. The zero-order valence-electron chi connectivity index (χ0n) is 14.6. The quantitative estimate of drug-likeness (QED) is 0.846. The third-order valence-corrected chi connectivity index (χ3v) is 4.82. The Morgan fingerprint density at radius 1 is 1.28 bits per heavy atom. The lowest BCUT2D eigenvalue weighted by Crippen LogP contribution is -2.21. The third-order valence-electron chi connectivity index (χ3n) is 4.82. The maximum Gasteiger partial charge on any atom is 0.227 e. The molecule has 0 aliphatic heterocycles. The highest BCUT2D eigenvalue weighted by Crippen LogP contribution is 2.32. The zero-order chi connectivity index (χ0) is 16.9. The first-order valence-corrected chi connectivity index (χ1v) is 8.78. The molecular formula is C19H27ClN4O. The second-order valence-electron chi connectivity index (χ2n) is 6.68. The van der Waals surface area contributed by atoms with E-state index >= 15 is 0 Å². The number of nitrogens with zero attached hydrogens (tertiary/aromatic N) is 2. The largest absolute Gasteiger partial charge is 0.324 e. The number of hydrogen-bond acceptors (Lipinski definition) is 3. The van der Waals surface area contributed by atoms with Gasteiger partial charge >= 0.3 is 0 Å². The van der Waals surface area contributed by atoms with E-state index in [1.165, 1.54) is 32.1 Å². The Bertz CT molecular complexity index is 680. The van der Waals surface area contributed by atoms with Crippen molar-refractivity contribution in [2.24, 2.45) is 12.8 Å². The van der Waals surface area contributed by atoms with Gasteiger partial charge < -0.3 is 11.1 Å². The monoisotopic (exact) mass is 362 g/mol. The molecule has 1 fully saturated rings. The second-order valence-corrected chi connectivity index (χ2v) is 6.68. The molecule has 3 N–H and O–H groups in total. The van der Waals surface area contributed by atoms with E-state index in [-0.39, 0.29) is 30.8 Å². The van der Waals surface area contributed by atoms with Gasteiger partial charge in [0.1, 0.15) is 5.82 Å². The van der Waals surface area contributed by atoms with Gasteiger partial charge in [-0.3, -0.25) is 9.48 Å². The number of aromatic nitrogens is 2. The summed E-state index contributed by atoms with van der Waals surface area (Å²) in [4.78, 5) is 12.3. The van der Waals surface area contributed by atoms with Crippen molar-refractivity contribution in [2.45, 2.75) is 50.5 Å². The van der Waals surface area contributed by atoms with Gasteiger partial charge in [0, 0.05) is 31.5 Å². The van der Waals surface area contributed by atoms with Crippen LogP contribution in [0.15, 0.2) is 36.4 Å². The standard InChI is InChI=1S/C19H26N4O.ClH/c1-23-18(13-17(22-23)15-10-6-3-7-11-15)21-19(24)12-16(20)14-8-4-2-5-9-14;/h2,4-5,8-9,13,15-16H,3,6-7,10-12,20H2,1H3,(H,21,24);1H. The molecule has 1 aliphatic carbocycles. The van der Waals surface area contributed by atoms with Crippen LogP contribution in [-0.4, -0.2) is 15.7 Å². The molecule has 0 spiro atoms. The Kier molecular flexibility index (Phi) is 7.02. The summed E-state index contributed by atoms with van der Waals surface area (Å²) in [5.41, 5.74) is 8.20. The topological polar surface area (TPSA) is 72.9 Å². The molecule has 1 aromatic heterocycles. The molecule has 1 unspecified atom stereocenters. The summed E-state index contributed by atoms with van der Waals surface area (Å²) in [5.74, 6) is 1.20. The molecule has 1 aromatic carbocycles. The molecule has 1 aliphatic rings. The number of amides is 1. The lowest BCUT2D eigenvalue weighted by Gasteiger charge is -2.19. The molecule has 6 heteroatoms. The molecule has 1 saturated carbocycles. The fourth-order valence-electron chi connectivity index (χ4n) is 3.42. The van der Waals surface area contributed by atoms with Gasteiger partial charge in [0.15, 0.2) is 0 Å². The van der Waals surface area contributed by atoms with Gasteiger partial charge in [-0.05, 0) is 18.4 Å². The number of carbonyl (C=O) groups is 1. The molecule has 0 saturated heterocycles. The molecule has 0 bridgehead atoms. The van der Waals surface area contributed by atoms with Crippen LogP contribution in [0.1, 0.15) is 61.7 Å². The van der Waals surface area contributed by atoms with Crippen LogP contribution in [0.2, 0.25) is 0 Å². The third kappa shape index (κ3) is 5.06. The van der Waals surface area contributed by atoms with Crippen LogP contribution in [0.5, 0.6) is 0 Å². The SMILES string of the molecule is Cl.Cn1nc(C2CCCCC2)cc1NC(=O)CC(N)c1ccccc1. The molecule has 5 nitrogen and oxygen atoms in total. The van der Waals surface area contributed by atoms with E-state index in [1.807, 2.05) is 43.4 Å². The van der Waals surface area contributed by atoms with E-state index in [0.29, 0.717) is 5.92 Å². The molecular weight excluding hydrogens is 336 g/mol. The fraction of sp³-hybridized carbons (Fsp3) is 0.474. The van der Waals surface area contributed by atoms with Crippen molar-refractivity contribution in [3.05, 3.63) is 47.7 Å². The van der Waals surface area contributed by atoms with E-state index in [4.69, 9.17) is 5.73 Å². The Morgan fingerprint density at radius 2 is 1.96 bits per heavy atom. The molecule has 25 heavy (non-hydrogen) atoms. The number of nitrogens with one attached hydrogen (secondary N) is 1. The number of nitrogens with two attached hydrogens (primary N) is 1. The number of halogens is 1. The van der Waals surface area contributed by atoms with Gasteiger partial charge in [0.05, 0.1) is 5.69 Å². The Labute approximate surface area is 155 Å². The molecule has 2 aromatic rings. The first-order valence-electron chi connectivity index (χ1n) is 8.78. The van der Waals surface area contributed by atoms with E-state index in [9.17, 15) is 4.79 Å². The van der Waals surface area contributed by atoms with Gasteiger partial charge in [0.25, 0.3) is 0 Å². The van der Waals surface area contributed by atoms with Crippen LogP contribution in [0.4, 0.5) is 5.82 Å². The Hall–Kier alpha value is -1.85. The zero-order valence-corrected chi connectivity index (χ0v) is 15.5. The number of anilines is 1. The van der Waals surface area contributed by atoms with Crippen molar-refractivity contribution < 1.29 is 4.79 Å². The van der Waals surface area contributed by atoms with Crippen LogP contribution in [0, 0.1) is 0 Å². The lowest BCUT2D eigenvalue weighted by molar-refractivity contribution is -0.116. The van der Waals surface area contributed by atoms with Crippen LogP contribution < -0.4 is 11.1 Å². The smallest absolute Gasteiger partial charge is 0.227 e. The summed E-state index contributed by atoms with van der Waals surface area (Å²) in [5, 5.41) is 7.55. The molecule has 3 rings (SSSR count). The minimum Gasteiger partial charge on any atom is -0.324 e. The highest BCUT2D eigenvalue weighted by atomic mass is 35.5. The molecule has 1 heterocycles. The number of benzene rings is 1. The van der Waals surface area contributed by atoms with Crippen molar-refractivity contribution in [1.29, 1.82) is 0 Å². The second kappa shape index (κ2) is 9.02. The highest BCUT2D eigenvalue weighted by molar-refractivity contribution is 5.90. The lowest BCUT2D eigenvalue weighted by atomic mass is 9.87. The maximum absolute atomic E-state index is 12.3. The summed E-state index contributed by atoms with van der Waals surface area (Å²) >= 11 is 0. The maximum atomic E-state index is 12.3. The van der Waals surface area contributed by atoms with Crippen molar-refractivity contribution in [3.63, 3.8) is 0 Å². The first-order chi connectivity index (χ1) is 11.6. The van der Waals surface area contributed by atoms with Crippen LogP contribution in [0.3, 0.4) is 0 Å². The van der Waals surface area contributed by atoms with Gasteiger partial charge in [0.2, 0.25) is 5.91 Å². The predicted molar refractivity (Wildman–Crippen MR) is 103 cm³/mol. The fourth-order valence-corrected chi connectivity index (χ4v) is 3.42. The molecule has 136 valence electrons. The summed E-state index contributed by atoms with van der Waals surface area (Å²) in [6, 6.07) is 11.4. The van der Waals surface area contributed by atoms with Gasteiger partial charge in [-0.25, -0.2) is 0 Å².